The van der Waals surface area contributed by atoms with Gasteiger partial charge < -0.3 is 10.2 Å². The molecular weight excluding hydrogens is 235 g/mol. The Morgan fingerprint density at radius 1 is 1.35 bits per heavy atom. The number of hydrogen-bond acceptors (Lipinski definition) is 3. The van der Waals surface area contributed by atoms with Crippen LogP contribution in [0, 0.1) is 0 Å². The zero-order valence-electron chi connectivity index (χ0n) is 9.89. The summed E-state index contributed by atoms with van der Waals surface area (Å²) in [7, 11) is 1.41. The number of amides is 1. The molecule has 0 aromatic heterocycles. The van der Waals surface area contributed by atoms with Crippen molar-refractivity contribution < 1.29 is 18.0 Å². The summed E-state index contributed by atoms with van der Waals surface area (Å²) in [6, 6.07) is 0. The molecule has 1 amide bonds. The molecule has 0 saturated carbocycles. The summed E-state index contributed by atoms with van der Waals surface area (Å²) in [6.07, 6.45) is -5.15. The number of nitrogens with one attached hydrogen (secondary N) is 1. The first-order valence-corrected chi connectivity index (χ1v) is 5.62. The zero-order chi connectivity index (χ0) is 12.9. The summed E-state index contributed by atoms with van der Waals surface area (Å²) in [5, 5.41) is 3.15. The summed E-state index contributed by atoms with van der Waals surface area (Å²) in [4.78, 5) is 14.7. The van der Waals surface area contributed by atoms with Gasteiger partial charge in [-0.15, -0.1) is 0 Å². The minimum Gasteiger partial charge on any atom is -0.344 e. The molecule has 0 atom stereocenters. The average Bonchev–Trinajstić information content (AvgIpc) is 2.26. The van der Waals surface area contributed by atoms with Crippen LogP contribution in [0.15, 0.2) is 0 Å². The number of hydrogen-bond donors (Lipinski definition) is 1. The maximum Gasteiger partial charge on any atom is 0.390 e. The van der Waals surface area contributed by atoms with Gasteiger partial charge in [-0.3, -0.25) is 9.69 Å². The van der Waals surface area contributed by atoms with Gasteiger partial charge in [0.1, 0.15) is 0 Å². The van der Waals surface area contributed by atoms with Crippen molar-refractivity contribution in [2.75, 3.05) is 46.3 Å². The predicted molar refractivity (Wildman–Crippen MR) is 57.6 cm³/mol. The second-order valence-corrected chi connectivity index (χ2v) is 4.21. The lowest BCUT2D eigenvalue weighted by Crippen LogP contribution is -2.48. The molecule has 0 bridgehead atoms. The fraction of sp³-hybridized carbons (Fsp3) is 0.900. The highest BCUT2D eigenvalue weighted by Crippen LogP contribution is 2.19. The molecule has 1 aliphatic rings. The van der Waals surface area contributed by atoms with E-state index in [1.54, 1.807) is 0 Å². The van der Waals surface area contributed by atoms with E-state index in [0.29, 0.717) is 0 Å². The Morgan fingerprint density at radius 3 is 2.47 bits per heavy atom. The van der Waals surface area contributed by atoms with Gasteiger partial charge in [-0.05, 0) is 0 Å². The minimum absolute atomic E-state index is 0.204. The third kappa shape index (κ3) is 5.88. The van der Waals surface area contributed by atoms with Crippen LogP contribution in [0.1, 0.15) is 6.42 Å². The Bertz CT molecular complexity index is 252. The molecule has 1 rings (SSSR count). The zero-order valence-corrected chi connectivity index (χ0v) is 9.89. The van der Waals surface area contributed by atoms with Crippen molar-refractivity contribution in [3.63, 3.8) is 0 Å². The monoisotopic (exact) mass is 253 g/mol. The number of nitrogens with zero attached hydrogens (tertiary/aromatic N) is 2. The number of carbonyl (C=O) groups excluding carboxylic acids is 1. The van der Waals surface area contributed by atoms with E-state index in [-0.39, 0.29) is 19.0 Å². The lowest BCUT2D eigenvalue weighted by molar-refractivity contribution is -0.144. The topological polar surface area (TPSA) is 35.6 Å². The normalized spacial score (nSPS) is 18.1. The first-order valence-electron chi connectivity index (χ1n) is 5.62. The number of rotatable bonds is 4. The number of likely N-dealkylation sites (N-methyl/N-ethyl adjacent to an activating group) is 1. The number of carbonyl (C=O) groups is 1. The third-order valence-corrected chi connectivity index (χ3v) is 2.72. The van der Waals surface area contributed by atoms with Crippen LogP contribution < -0.4 is 5.32 Å². The van der Waals surface area contributed by atoms with Gasteiger partial charge in [-0.2, -0.15) is 13.2 Å². The Hall–Kier alpha value is -0.820. The van der Waals surface area contributed by atoms with E-state index in [2.05, 4.69) is 5.32 Å². The van der Waals surface area contributed by atoms with E-state index in [1.165, 1.54) is 7.05 Å². The predicted octanol–water partition coefficient (Wildman–Crippen LogP) is 0.302. The molecule has 0 radical (unpaired) electrons. The van der Waals surface area contributed by atoms with Crippen molar-refractivity contribution in [2.24, 2.45) is 0 Å². The molecule has 1 saturated heterocycles. The van der Waals surface area contributed by atoms with E-state index < -0.39 is 12.6 Å². The summed E-state index contributed by atoms with van der Waals surface area (Å²) in [5.74, 6) is -0.254. The molecule has 0 aromatic carbocycles. The molecule has 1 aliphatic heterocycles. The van der Waals surface area contributed by atoms with Gasteiger partial charge in [-0.25, -0.2) is 0 Å². The molecule has 17 heavy (non-hydrogen) atoms. The molecule has 100 valence electrons. The molecule has 4 nitrogen and oxygen atoms in total. The van der Waals surface area contributed by atoms with Crippen LogP contribution in [0.3, 0.4) is 0 Å². The molecule has 1 N–H and O–H groups in total. The Morgan fingerprint density at radius 2 is 1.94 bits per heavy atom. The van der Waals surface area contributed by atoms with Crippen LogP contribution in [0.2, 0.25) is 0 Å². The smallest absolute Gasteiger partial charge is 0.344 e. The average molecular weight is 253 g/mol. The minimum atomic E-state index is -4.20. The molecule has 0 aliphatic carbocycles. The van der Waals surface area contributed by atoms with Gasteiger partial charge in [0, 0.05) is 39.8 Å². The fourth-order valence-electron chi connectivity index (χ4n) is 1.60. The fourth-order valence-corrected chi connectivity index (χ4v) is 1.60. The highest BCUT2D eigenvalue weighted by Gasteiger charge is 2.28. The van der Waals surface area contributed by atoms with Crippen molar-refractivity contribution in [1.82, 2.24) is 15.1 Å². The largest absolute Gasteiger partial charge is 0.390 e. The van der Waals surface area contributed by atoms with Crippen LogP contribution in [-0.2, 0) is 4.79 Å². The van der Waals surface area contributed by atoms with Gasteiger partial charge >= 0.3 is 6.18 Å². The Balaban J connectivity index is 2.26. The van der Waals surface area contributed by atoms with Crippen molar-refractivity contribution in [3.8, 4) is 0 Å². The van der Waals surface area contributed by atoms with Crippen LogP contribution in [0.25, 0.3) is 0 Å². The van der Waals surface area contributed by atoms with E-state index in [1.807, 2.05) is 4.90 Å². The first-order chi connectivity index (χ1) is 7.88. The lowest BCUT2D eigenvalue weighted by atomic mass is 10.3. The summed E-state index contributed by atoms with van der Waals surface area (Å²) in [5.41, 5.74) is 0. The lowest BCUT2D eigenvalue weighted by Gasteiger charge is -2.28. The molecule has 1 fully saturated rings. The van der Waals surface area contributed by atoms with E-state index in [9.17, 15) is 18.0 Å². The second kappa shape index (κ2) is 6.20. The number of alkyl halides is 3. The molecule has 7 heteroatoms. The van der Waals surface area contributed by atoms with Gasteiger partial charge in [0.05, 0.1) is 13.0 Å². The quantitative estimate of drug-likeness (QED) is 0.783. The van der Waals surface area contributed by atoms with Crippen LogP contribution in [0.4, 0.5) is 13.2 Å². The Kier molecular flexibility index (Phi) is 5.20. The maximum absolute atomic E-state index is 12.0. The maximum atomic E-state index is 12.0. The third-order valence-electron chi connectivity index (χ3n) is 2.72. The van der Waals surface area contributed by atoms with Gasteiger partial charge in [0.2, 0.25) is 5.91 Å². The van der Waals surface area contributed by atoms with Gasteiger partial charge in [0.15, 0.2) is 0 Å². The van der Waals surface area contributed by atoms with E-state index >= 15 is 0 Å². The second-order valence-electron chi connectivity index (χ2n) is 4.21. The Labute approximate surface area is 98.7 Å². The first kappa shape index (κ1) is 14.2. The van der Waals surface area contributed by atoms with Crippen molar-refractivity contribution in [1.29, 1.82) is 0 Å². The van der Waals surface area contributed by atoms with Crippen molar-refractivity contribution in [2.45, 2.75) is 12.6 Å². The molecule has 1 heterocycles. The molecule has 0 unspecified atom stereocenters. The van der Waals surface area contributed by atoms with Crippen molar-refractivity contribution in [3.05, 3.63) is 0 Å². The highest BCUT2D eigenvalue weighted by molar-refractivity contribution is 5.77. The van der Waals surface area contributed by atoms with Gasteiger partial charge in [0.25, 0.3) is 0 Å². The summed E-state index contributed by atoms with van der Waals surface area (Å²) < 4.78 is 35.9. The van der Waals surface area contributed by atoms with Gasteiger partial charge in [-0.1, -0.05) is 0 Å². The number of piperazine rings is 1. The molecular formula is C10H18F3N3O. The molecule has 0 aromatic rings. The standard InChI is InChI=1S/C10H18F3N3O/c1-15(5-2-10(11,12)13)9(17)8-16-6-3-14-4-7-16/h14H,2-8H2,1H3. The van der Waals surface area contributed by atoms with Crippen molar-refractivity contribution >= 4 is 5.91 Å². The highest BCUT2D eigenvalue weighted by atomic mass is 19.4. The summed E-state index contributed by atoms with van der Waals surface area (Å²) >= 11 is 0. The number of halogens is 3. The van der Waals surface area contributed by atoms with Crippen LogP contribution in [0.5, 0.6) is 0 Å². The van der Waals surface area contributed by atoms with E-state index in [0.717, 1.165) is 31.1 Å². The van der Waals surface area contributed by atoms with Crippen LogP contribution in [-0.4, -0.2) is 68.2 Å². The van der Waals surface area contributed by atoms with Crippen LogP contribution >= 0.6 is 0 Å². The summed E-state index contributed by atoms with van der Waals surface area (Å²) in [6.45, 7) is 3.10. The molecule has 0 spiro atoms. The SMILES string of the molecule is CN(CCC(F)(F)F)C(=O)CN1CCNCC1. The van der Waals surface area contributed by atoms with E-state index in [4.69, 9.17) is 0 Å².